The number of halogens is 1. The van der Waals surface area contributed by atoms with Gasteiger partial charge < -0.3 is 5.73 Å². The van der Waals surface area contributed by atoms with Gasteiger partial charge in [-0.25, -0.2) is 12.8 Å². The van der Waals surface area contributed by atoms with E-state index in [4.69, 9.17) is 5.73 Å². The van der Waals surface area contributed by atoms with E-state index in [1.165, 1.54) is 40.7 Å². The molecule has 2 aromatic carbocycles. The van der Waals surface area contributed by atoms with Gasteiger partial charge >= 0.3 is 0 Å². The van der Waals surface area contributed by atoms with Crippen LogP contribution >= 0.6 is 0 Å². The van der Waals surface area contributed by atoms with Crippen molar-refractivity contribution in [1.29, 1.82) is 0 Å². The molecule has 0 saturated carbocycles. The molecule has 1 amide bonds. The Morgan fingerprint density at radius 2 is 1.65 bits per heavy atom. The minimum absolute atomic E-state index is 0.0983. The van der Waals surface area contributed by atoms with Crippen LogP contribution in [0.25, 0.3) is 0 Å². The van der Waals surface area contributed by atoms with Crippen LogP contribution in [0.1, 0.15) is 42.1 Å². The molecule has 0 radical (unpaired) electrons. The Morgan fingerprint density at radius 1 is 1.04 bits per heavy atom. The molecule has 0 heterocycles. The fourth-order valence-electron chi connectivity index (χ4n) is 2.56. The zero-order valence-electron chi connectivity index (χ0n) is 14.7. The van der Waals surface area contributed by atoms with Crippen LogP contribution in [-0.4, -0.2) is 25.2 Å². The zero-order chi connectivity index (χ0) is 19.2. The molecule has 0 aliphatic heterocycles. The van der Waals surface area contributed by atoms with Crippen molar-refractivity contribution in [2.75, 3.05) is 6.54 Å². The average Bonchev–Trinajstić information content (AvgIpc) is 2.62. The number of nitrogens with zero attached hydrogens (tertiary/aromatic N) is 1. The molecule has 0 saturated heterocycles. The number of primary amides is 1. The quantitative estimate of drug-likeness (QED) is 0.680. The molecule has 5 nitrogen and oxygen atoms in total. The van der Waals surface area contributed by atoms with E-state index in [1.54, 1.807) is 12.1 Å². The van der Waals surface area contributed by atoms with Crippen molar-refractivity contribution in [3.05, 3.63) is 65.5 Å². The lowest BCUT2D eigenvalue weighted by atomic mass is 10.2. The maximum atomic E-state index is 13.1. The zero-order valence-corrected chi connectivity index (χ0v) is 15.5. The second kappa shape index (κ2) is 8.91. The van der Waals surface area contributed by atoms with E-state index in [0.29, 0.717) is 12.1 Å². The van der Waals surface area contributed by atoms with E-state index in [9.17, 15) is 17.6 Å². The van der Waals surface area contributed by atoms with Gasteiger partial charge in [0, 0.05) is 18.7 Å². The van der Waals surface area contributed by atoms with Crippen molar-refractivity contribution in [1.82, 2.24) is 4.31 Å². The molecule has 7 heteroatoms. The van der Waals surface area contributed by atoms with Gasteiger partial charge in [0.1, 0.15) is 5.82 Å². The summed E-state index contributed by atoms with van der Waals surface area (Å²) >= 11 is 0. The fourth-order valence-corrected chi connectivity index (χ4v) is 4.02. The van der Waals surface area contributed by atoms with Crippen LogP contribution < -0.4 is 5.73 Å². The van der Waals surface area contributed by atoms with E-state index >= 15 is 0 Å². The Hall–Kier alpha value is -2.25. The van der Waals surface area contributed by atoms with Crippen LogP contribution in [0.4, 0.5) is 4.39 Å². The Labute approximate surface area is 153 Å². The summed E-state index contributed by atoms with van der Waals surface area (Å²) < 4.78 is 40.5. The maximum Gasteiger partial charge on any atom is 0.248 e. The fraction of sp³-hybridized carbons (Fsp3) is 0.316. The van der Waals surface area contributed by atoms with E-state index in [0.717, 1.165) is 19.3 Å². The molecule has 0 fully saturated rings. The lowest BCUT2D eigenvalue weighted by Crippen LogP contribution is -2.31. The number of benzene rings is 2. The molecule has 0 atom stereocenters. The molecule has 0 aliphatic rings. The van der Waals surface area contributed by atoms with Gasteiger partial charge in [-0.1, -0.05) is 31.9 Å². The molecule has 2 N–H and O–H groups in total. The summed E-state index contributed by atoms with van der Waals surface area (Å²) in [6.45, 7) is 2.57. The van der Waals surface area contributed by atoms with Crippen molar-refractivity contribution in [2.24, 2.45) is 5.73 Å². The third-order valence-corrected chi connectivity index (χ3v) is 5.92. The van der Waals surface area contributed by atoms with Crippen molar-refractivity contribution in [3.63, 3.8) is 0 Å². The molecule has 2 aromatic rings. The highest BCUT2D eigenvalue weighted by atomic mass is 32.2. The number of sulfonamides is 1. The van der Waals surface area contributed by atoms with Crippen LogP contribution in [-0.2, 0) is 16.6 Å². The standard InChI is InChI=1S/C19H23FN2O3S/c1-2-3-4-13-22(14-15-5-9-17(20)10-6-15)26(24,25)18-11-7-16(8-12-18)19(21)23/h5-12H,2-4,13-14H2,1H3,(H2,21,23). The second-order valence-electron chi connectivity index (χ2n) is 6.06. The summed E-state index contributed by atoms with van der Waals surface area (Å²) in [6.07, 6.45) is 2.62. The number of hydrogen-bond acceptors (Lipinski definition) is 3. The summed E-state index contributed by atoms with van der Waals surface area (Å²) in [4.78, 5) is 11.3. The molecule has 0 unspecified atom stereocenters. The van der Waals surface area contributed by atoms with Gasteiger partial charge in [0.25, 0.3) is 0 Å². The SMILES string of the molecule is CCCCCN(Cc1ccc(F)cc1)S(=O)(=O)c1ccc(C(N)=O)cc1. The average molecular weight is 378 g/mol. The van der Waals surface area contributed by atoms with Gasteiger partial charge in [-0.3, -0.25) is 4.79 Å². The van der Waals surface area contributed by atoms with Crippen molar-refractivity contribution in [3.8, 4) is 0 Å². The third-order valence-electron chi connectivity index (χ3n) is 4.06. The highest BCUT2D eigenvalue weighted by molar-refractivity contribution is 7.89. The highest BCUT2D eigenvalue weighted by Gasteiger charge is 2.24. The van der Waals surface area contributed by atoms with Crippen LogP contribution in [0.5, 0.6) is 0 Å². The van der Waals surface area contributed by atoms with Crippen LogP contribution in [0.15, 0.2) is 53.4 Å². The van der Waals surface area contributed by atoms with E-state index < -0.39 is 15.9 Å². The van der Waals surface area contributed by atoms with Gasteiger partial charge in [-0.2, -0.15) is 4.31 Å². The first-order valence-electron chi connectivity index (χ1n) is 8.49. The van der Waals surface area contributed by atoms with Crippen LogP contribution in [0.2, 0.25) is 0 Å². The lowest BCUT2D eigenvalue weighted by molar-refractivity contribution is 0.1000. The van der Waals surface area contributed by atoms with E-state index in [-0.39, 0.29) is 22.8 Å². The summed E-state index contributed by atoms with van der Waals surface area (Å²) in [5.41, 5.74) is 6.16. The molecular formula is C19H23FN2O3S. The van der Waals surface area contributed by atoms with Gasteiger partial charge in [-0.15, -0.1) is 0 Å². The van der Waals surface area contributed by atoms with E-state index in [1.807, 2.05) is 6.92 Å². The first kappa shape index (κ1) is 20.1. The number of hydrogen-bond donors (Lipinski definition) is 1. The first-order valence-corrected chi connectivity index (χ1v) is 9.93. The van der Waals surface area contributed by atoms with Crippen LogP contribution in [0, 0.1) is 5.82 Å². The number of carbonyl (C=O) groups excluding carboxylic acids is 1. The number of unbranched alkanes of at least 4 members (excludes halogenated alkanes) is 2. The Bertz CT molecular complexity index is 834. The summed E-state index contributed by atoms with van der Waals surface area (Å²) in [6, 6.07) is 11.3. The topological polar surface area (TPSA) is 80.5 Å². The molecule has 2 rings (SSSR count). The van der Waals surface area contributed by atoms with Crippen LogP contribution in [0.3, 0.4) is 0 Å². The van der Waals surface area contributed by atoms with Gasteiger partial charge in [0.15, 0.2) is 0 Å². The smallest absolute Gasteiger partial charge is 0.248 e. The normalized spacial score (nSPS) is 11.7. The number of nitrogens with two attached hydrogens (primary N) is 1. The van der Waals surface area contributed by atoms with E-state index in [2.05, 4.69) is 0 Å². The molecule has 0 bridgehead atoms. The molecule has 140 valence electrons. The minimum atomic E-state index is -3.74. The first-order chi connectivity index (χ1) is 12.3. The summed E-state index contributed by atoms with van der Waals surface area (Å²) in [5.74, 6) is -0.976. The Balaban J connectivity index is 2.28. The predicted octanol–water partition coefficient (Wildman–Crippen LogP) is 3.31. The Morgan fingerprint density at radius 3 is 2.19 bits per heavy atom. The molecular weight excluding hydrogens is 355 g/mol. The van der Waals surface area contributed by atoms with Gasteiger partial charge in [-0.05, 0) is 48.4 Å². The highest BCUT2D eigenvalue weighted by Crippen LogP contribution is 2.20. The van der Waals surface area contributed by atoms with Crippen molar-refractivity contribution < 1.29 is 17.6 Å². The van der Waals surface area contributed by atoms with Crippen molar-refractivity contribution in [2.45, 2.75) is 37.6 Å². The predicted molar refractivity (Wildman–Crippen MR) is 98.5 cm³/mol. The number of rotatable bonds is 9. The summed E-state index contributed by atoms with van der Waals surface area (Å²) in [5, 5.41) is 0. The molecule has 0 aliphatic carbocycles. The largest absolute Gasteiger partial charge is 0.366 e. The summed E-state index contributed by atoms with van der Waals surface area (Å²) in [7, 11) is -3.74. The lowest BCUT2D eigenvalue weighted by Gasteiger charge is -2.22. The number of amides is 1. The molecule has 0 aromatic heterocycles. The Kier molecular flexibility index (Phi) is 6.88. The van der Waals surface area contributed by atoms with Gasteiger partial charge in [0.05, 0.1) is 4.90 Å². The molecule has 26 heavy (non-hydrogen) atoms. The van der Waals surface area contributed by atoms with Gasteiger partial charge in [0.2, 0.25) is 15.9 Å². The third kappa shape index (κ3) is 5.12. The number of carbonyl (C=O) groups is 1. The molecule has 0 spiro atoms. The minimum Gasteiger partial charge on any atom is -0.366 e. The second-order valence-corrected chi connectivity index (χ2v) is 8.00. The van der Waals surface area contributed by atoms with Crippen molar-refractivity contribution >= 4 is 15.9 Å². The maximum absolute atomic E-state index is 13.1. The monoisotopic (exact) mass is 378 g/mol.